The molecule has 1 unspecified atom stereocenters. The van der Waals surface area contributed by atoms with Gasteiger partial charge in [-0.15, -0.1) is 0 Å². The molecule has 1 aromatic carbocycles. The van der Waals surface area contributed by atoms with E-state index in [0.29, 0.717) is 30.3 Å². The van der Waals surface area contributed by atoms with Gasteiger partial charge in [0.25, 0.3) is 0 Å². The van der Waals surface area contributed by atoms with Crippen molar-refractivity contribution in [2.45, 2.75) is 44.8 Å². The smallest absolute Gasteiger partial charge is 0.164 e. The molecule has 1 fully saturated rings. The molecule has 0 amide bonds. The number of rotatable bonds is 6. The topological polar surface area (TPSA) is 53.7 Å². The summed E-state index contributed by atoms with van der Waals surface area (Å²) < 4.78 is 17.3. The second-order valence-electron chi connectivity index (χ2n) is 5.98. The zero-order valence-corrected chi connectivity index (χ0v) is 13.7. The van der Waals surface area contributed by atoms with Crippen molar-refractivity contribution in [2.75, 3.05) is 20.3 Å². The Morgan fingerprint density at radius 2 is 2.19 bits per heavy atom. The lowest BCUT2D eigenvalue weighted by atomic mass is 10.1. The van der Waals surface area contributed by atoms with Gasteiger partial charge in [-0.25, -0.2) is 0 Å². The van der Waals surface area contributed by atoms with Crippen LogP contribution in [0.5, 0.6) is 11.5 Å². The van der Waals surface area contributed by atoms with E-state index in [-0.39, 0.29) is 11.7 Å². The van der Waals surface area contributed by atoms with E-state index in [4.69, 9.17) is 31.5 Å². The zero-order chi connectivity index (χ0) is 15.5. The molecule has 1 aromatic rings. The summed E-state index contributed by atoms with van der Waals surface area (Å²) in [6, 6.07) is 3.64. The molecule has 0 saturated carbocycles. The summed E-state index contributed by atoms with van der Waals surface area (Å²) in [5.74, 6) is 1.36. The fourth-order valence-corrected chi connectivity index (χ4v) is 2.88. The predicted molar refractivity (Wildman–Crippen MR) is 84.4 cm³/mol. The summed E-state index contributed by atoms with van der Waals surface area (Å²) >= 11 is 6.10. The highest BCUT2D eigenvalue weighted by atomic mass is 35.5. The Hall–Kier alpha value is -0.970. The molecular weight excluding hydrogens is 290 g/mol. The van der Waals surface area contributed by atoms with Crippen molar-refractivity contribution < 1.29 is 14.2 Å². The number of ether oxygens (including phenoxy) is 3. The van der Waals surface area contributed by atoms with Gasteiger partial charge in [0.05, 0.1) is 18.8 Å². The van der Waals surface area contributed by atoms with Crippen LogP contribution < -0.4 is 15.2 Å². The Kier molecular flexibility index (Phi) is 5.36. The van der Waals surface area contributed by atoms with Crippen LogP contribution in [0.1, 0.15) is 32.3 Å². The van der Waals surface area contributed by atoms with Crippen LogP contribution in [-0.2, 0) is 11.2 Å². The predicted octanol–water partition coefficient (Wildman–Crippen LogP) is 3.19. The molecule has 1 saturated heterocycles. The van der Waals surface area contributed by atoms with Crippen molar-refractivity contribution in [1.29, 1.82) is 0 Å². The molecule has 2 rings (SSSR count). The van der Waals surface area contributed by atoms with Crippen molar-refractivity contribution in [2.24, 2.45) is 5.73 Å². The lowest BCUT2D eigenvalue weighted by molar-refractivity contribution is -0.0330. The maximum absolute atomic E-state index is 6.10. The molecule has 5 heteroatoms. The normalized spacial score (nSPS) is 20.5. The Balaban J connectivity index is 2.11. The van der Waals surface area contributed by atoms with Gasteiger partial charge in [0.2, 0.25) is 0 Å². The Bertz CT molecular complexity index is 491. The second kappa shape index (κ2) is 6.86. The quantitative estimate of drug-likeness (QED) is 0.876. The minimum absolute atomic E-state index is 0.0573. The zero-order valence-electron chi connectivity index (χ0n) is 12.9. The van der Waals surface area contributed by atoms with Crippen molar-refractivity contribution in [3.8, 4) is 11.5 Å². The van der Waals surface area contributed by atoms with Crippen LogP contribution >= 0.6 is 11.6 Å². The molecule has 0 aliphatic carbocycles. The number of nitrogens with two attached hydrogens (primary N) is 1. The molecule has 0 spiro atoms. The second-order valence-corrected chi connectivity index (χ2v) is 6.42. The van der Waals surface area contributed by atoms with Crippen LogP contribution in [0.4, 0.5) is 0 Å². The maximum Gasteiger partial charge on any atom is 0.164 e. The standard InChI is InChI=1S/C16H24ClNO3/c1-16(2)6-4-13(21-16)10-20-15-11(5-7-18)8-12(17)9-14(15)19-3/h8-9,13H,4-7,10,18H2,1-3H3. The molecule has 118 valence electrons. The Morgan fingerprint density at radius 1 is 1.43 bits per heavy atom. The summed E-state index contributed by atoms with van der Waals surface area (Å²) in [5, 5.41) is 0.626. The Morgan fingerprint density at radius 3 is 2.76 bits per heavy atom. The van der Waals surface area contributed by atoms with E-state index in [1.54, 1.807) is 13.2 Å². The van der Waals surface area contributed by atoms with Crippen LogP contribution in [0.25, 0.3) is 0 Å². The highest BCUT2D eigenvalue weighted by Crippen LogP contribution is 2.36. The number of hydrogen-bond donors (Lipinski definition) is 1. The molecule has 21 heavy (non-hydrogen) atoms. The molecule has 0 aromatic heterocycles. The molecule has 0 radical (unpaired) electrons. The highest BCUT2D eigenvalue weighted by molar-refractivity contribution is 6.30. The average Bonchev–Trinajstić information content (AvgIpc) is 2.77. The van der Waals surface area contributed by atoms with Gasteiger partial charge in [0.1, 0.15) is 6.61 Å². The first-order chi connectivity index (χ1) is 9.95. The van der Waals surface area contributed by atoms with Gasteiger partial charge in [-0.05, 0) is 45.7 Å². The third kappa shape index (κ3) is 4.25. The molecule has 0 bridgehead atoms. The maximum atomic E-state index is 6.10. The van der Waals surface area contributed by atoms with Crippen LogP contribution in [0.15, 0.2) is 12.1 Å². The minimum Gasteiger partial charge on any atom is -0.493 e. The van der Waals surface area contributed by atoms with Gasteiger partial charge in [0, 0.05) is 16.7 Å². The average molecular weight is 314 g/mol. The SMILES string of the molecule is COc1cc(Cl)cc(CCN)c1OCC1CCC(C)(C)O1. The fourth-order valence-electron chi connectivity index (χ4n) is 2.65. The molecule has 1 aliphatic heterocycles. The third-order valence-corrected chi connectivity index (χ3v) is 3.92. The lowest BCUT2D eigenvalue weighted by Gasteiger charge is -2.21. The summed E-state index contributed by atoms with van der Waals surface area (Å²) in [7, 11) is 1.61. The number of benzene rings is 1. The van der Waals surface area contributed by atoms with Gasteiger partial charge in [0.15, 0.2) is 11.5 Å². The summed E-state index contributed by atoms with van der Waals surface area (Å²) in [6.07, 6.45) is 2.87. The first-order valence-corrected chi connectivity index (χ1v) is 7.70. The number of hydrogen-bond acceptors (Lipinski definition) is 4. The largest absolute Gasteiger partial charge is 0.493 e. The van der Waals surface area contributed by atoms with E-state index in [0.717, 1.165) is 24.2 Å². The van der Waals surface area contributed by atoms with E-state index in [1.165, 1.54) is 0 Å². The van der Waals surface area contributed by atoms with E-state index in [1.807, 2.05) is 6.07 Å². The van der Waals surface area contributed by atoms with Gasteiger partial charge in [-0.1, -0.05) is 11.6 Å². The monoisotopic (exact) mass is 313 g/mol. The third-order valence-electron chi connectivity index (χ3n) is 3.70. The van der Waals surface area contributed by atoms with Crippen LogP contribution in [-0.4, -0.2) is 32.0 Å². The molecule has 2 N–H and O–H groups in total. The summed E-state index contributed by atoms with van der Waals surface area (Å²) in [6.45, 7) is 5.26. The highest BCUT2D eigenvalue weighted by Gasteiger charge is 2.32. The number of methoxy groups -OCH3 is 1. The van der Waals surface area contributed by atoms with Crippen molar-refractivity contribution in [3.05, 3.63) is 22.7 Å². The van der Waals surface area contributed by atoms with Crippen LogP contribution in [0.2, 0.25) is 5.02 Å². The molecule has 1 atom stereocenters. The molecule has 4 nitrogen and oxygen atoms in total. The van der Waals surface area contributed by atoms with Crippen LogP contribution in [0, 0.1) is 0 Å². The summed E-state index contributed by atoms with van der Waals surface area (Å²) in [4.78, 5) is 0. The first-order valence-electron chi connectivity index (χ1n) is 7.32. The van der Waals surface area contributed by atoms with Gasteiger partial charge in [-0.3, -0.25) is 0 Å². The van der Waals surface area contributed by atoms with E-state index in [9.17, 15) is 0 Å². The first kappa shape index (κ1) is 16.4. The van der Waals surface area contributed by atoms with E-state index >= 15 is 0 Å². The van der Waals surface area contributed by atoms with Crippen molar-refractivity contribution >= 4 is 11.6 Å². The summed E-state index contributed by atoms with van der Waals surface area (Å²) in [5.41, 5.74) is 6.57. The molecule has 1 aliphatic rings. The Labute approximate surface area is 131 Å². The molecule has 1 heterocycles. The van der Waals surface area contributed by atoms with Gasteiger partial charge >= 0.3 is 0 Å². The van der Waals surface area contributed by atoms with Gasteiger partial charge < -0.3 is 19.9 Å². The van der Waals surface area contributed by atoms with Crippen LogP contribution in [0.3, 0.4) is 0 Å². The van der Waals surface area contributed by atoms with E-state index < -0.39 is 0 Å². The minimum atomic E-state index is -0.0573. The fraction of sp³-hybridized carbons (Fsp3) is 0.625. The van der Waals surface area contributed by atoms with Gasteiger partial charge in [-0.2, -0.15) is 0 Å². The van der Waals surface area contributed by atoms with E-state index in [2.05, 4.69) is 13.8 Å². The lowest BCUT2D eigenvalue weighted by Crippen LogP contribution is -2.24. The van der Waals surface area contributed by atoms with Crippen molar-refractivity contribution in [3.63, 3.8) is 0 Å². The number of halogens is 1. The molecular formula is C16H24ClNO3. The van der Waals surface area contributed by atoms with Crippen molar-refractivity contribution in [1.82, 2.24) is 0 Å².